The Balaban J connectivity index is 2.77. The molecule has 78 valence electrons. The van der Waals surface area contributed by atoms with Crippen LogP contribution in [0.25, 0.3) is 0 Å². The normalized spacial score (nSPS) is 24.9. The third kappa shape index (κ3) is 1.76. The maximum Gasteiger partial charge on any atom is 0.510 e. The second-order valence-corrected chi connectivity index (χ2v) is 2.37. The Labute approximate surface area is 78.9 Å². The van der Waals surface area contributed by atoms with E-state index in [4.69, 9.17) is 0 Å². The molecule has 0 saturated carbocycles. The van der Waals surface area contributed by atoms with Crippen molar-refractivity contribution < 1.29 is 33.3 Å². The summed E-state index contributed by atoms with van der Waals surface area (Å²) < 4.78 is 17.4. The van der Waals surface area contributed by atoms with Gasteiger partial charge in [-0.05, 0) is 0 Å². The van der Waals surface area contributed by atoms with Gasteiger partial charge in [-0.25, -0.2) is 14.4 Å². The molecule has 0 spiro atoms. The minimum Gasteiger partial charge on any atom is -0.466 e. The van der Waals surface area contributed by atoms with E-state index in [1.54, 1.807) is 0 Å². The van der Waals surface area contributed by atoms with Crippen molar-refractivity contribution in [1.82, 2.24) is 0 Å². The molecule has 0 aliphatic carbocycles. The minimum absolute atomic E-state index is 0.869. The van der Waals surface area contributed by atoms with Crippen LogP contribution in [0.3, 0.4) is 0 Å². The Bertz CT molecular complexity index is 245. The Hall–Kier alpha value is -1.79. The van der Waals surface area contributed by atoms with Crippen molar-refractivity contribution >= 4 is 18.1 Å². The van der Waals surface area contributed by atoms with E-state index < -0.39 is 30.3 Å². The number of cyclic esters (lactones) is 2. The van der Waals surface area contributed by atoms with E-state index in [0.717, 1.165) is 14.2 Å². The molecule has 0 bridgehead atoms. The lowest BCUT2D eigenvalue weighted by Crippen LogP contribution is -2.38. The first-order chi connectivity index (χ1) is 6.60. The fourth-order valence-corrected chi connectivity index (χ4v) is 0.934. The maximum atomic E-state index is 11.0. The third-order valence-electron chi connectivity index (χ3n) is 1.59. The molecule has 14 heavy (non-hydrogen) atoms. The summed E-state index contributed by atoms with van der Waals surface area (Å²) in [5.41, 5.74) is 0. The molecule has 1 aliphatic heterocycles. The summed E-state index contributed by atoms with van der Waals surface area (Å²) in [7, 11) is 2.20. The topological polar surface area (TPSA) is 88.1 Å². The molecule has 1 aliphatic rings. The smallest absolute Gasteiger partial charge is 0.466 e. The van der Waals surface area contributed by atoms with Crippen molar-refractivity contribution in [3.8, 4) is 0 Å². The van der Waals surface area contributed by atoms with Crippen LogP contribution >= 0.6 is 0 Å². The number of hydrogen-bond donors (Lipinski definition) is 0. The van der Waals surface area contributed by atoms with Gasteiger partial charge in [0.25, 0.3) is 0 Å². The molecule has 1 fully saturated rings. The third-order valence-corrected chi connectivity index (χ3v) is 1.59. The van der Waals surface area contributed by atoms with Crippen molar-refractivity contribution in [2.24, 2.45) is 0 Å². The first kappa shape index (κ1) is 10.3. The quantitative estimate of drug-likeness (QED) is 0.431. The Kier molecular flexibility index (Phi) is 2.90. The summed E-state index contributed by atoms with van der Waals surface area (Å²) in [6.45, 7) is 0. The van der Waals surface area contributed by atoms with Crippen LogP contribution in [0.2, 0.25) is 0 Å². The summed E-state index contributed by atoms with van der Waals surface area (Å²) in [6, 6.07) is 0. The number of hydrogen-bond acceptors (Lipinski definition) is 7. The lowest BCUT2D eigenvalue weighted by Gasteiger charge is -2.10. The van der Waals surface area contributed by atoms with Crippen LogP contribution in [0.1, 0.15) is 0 Å². The summed E-state index contributed by atoms with van der Waals surface area (Å²) in [6.07, 6.45) is -3.88. The highest BCUT2D eigenvalue weighted by Gasteiger charge is 2.48. The van der Waals surface area contributed by atoms with Gasteiger partial charge in [0.2, 0.25) is 12.2 Å². The monoisotopic (exact) mass is 204 g/mol. The summed E-state index contributed by atoms with van der Waals surface area (Å²) in [4.78, 5) is 32.7. The van der Waals surface area contributed by atoms with Crippen LogP contribution in [-0.4, -0.2) is 44.5 Å². The summed E-state index contributed by atoms with van der Waals surface area (Å²) in [5, 5.41) is 0. The molecule has 7 nitrogen and oxygen atoms in total. The molecule has 7 heteroatoms. The van der Waals surface area contributed by atoms with Gasteiger partial charge in [0.15, 0.2) is 0 Å². The molecule has 0 N–H and O–H groups in total. The van der Waals surface area contributed by atoms with E-state index in [1.807, 2.05) is 0 Å². The van der Waals surface area contributed by atoms with Gasteiger partial charge < -0.3 is 18.9 Å². The number of carbonyl (C=O) groups excluding carboxylic acids is 3. The van der Waals surface area contributed by atoms with Crippen molar-refractivity contribution in [3.05, 3.63) is 0 Å². The van der Waals surface area contributed by atoms with E-state index in [0.29, 0.717) is 0 Å². The van der Waals surface area contributed by atoms with Gasteiger partial charge in [0.1, 0.15) is 0 Å². The second kappa shape index (κ2) is 3.95. The molecule has 2 atom stereocenters. The summed E-state index contributed by atoms with van der Waals surface area (Å²) >= 11 is 0. The molecule has 0 unspecified atom stereocenters. The maximum absolute atomic E-state index is 11.0. The second-order valence-electron chi connectivity index (χ2n) is 2.37. The first-order valence-corrected chi connectivity index (χ1v) is 3.63. The Morgan fingerprint density at radius 1 is 1.07 bits per heavy atom. The van der Waals surface area contributed by atoms with E-state index in [-0.39, 0.29) is 0 Å². The Morgan fingerprint density at radius 2 is 1.43 bits per heavy atom. The SMILES string of the molecule is COC(=O)[C@H]1OC(=O)O[C@H]1C(=O)OC. The fourth-order valence-electron chi connectivity index (χ4n) is 0.934. The van der Waals surface area contributed by atoms with E-state index in [1.165, 1.54) is 0 Å². The van der Waals surface area contributed by atoms with Crippen molar-refractivity contribution in [2.45, 2.75) is 12.2 Å². The molecule has 1 rings (SSSR count). The van der Waals surface area contributed by atoms with Gasteiger partial charge in [0.05, 0.1) is 14.2 Å². The van der Waals surface area contributed by atoms with E-state index in [2.05, 4.69) is 18.9 Å². The molecular formula is C7H8O7. The zero-order chi connectivity index (χ0) is 10.7. The molecule has 1 saturated heterocycles. The molecule has 1 heterocycles. The van der Waals surface area contributed by atoms with Crippen LogP contribution in [0.15, 0.2) is 0 Å². The number of carbonyl (C=O) groups is 3. The average Bonchev–Trinajstić information content (AvgIpc) is 2.58. The minimum atomic E-state index is -1.39. The van der Waals surface area contributed by atoms with Crippen molar-refractivity contribution in [2.75, 3.05) is 14.2 Å². The van der Waals surface area contributed by atoms with Crippen LogP contribution in [0.4, 0.5) is 4.79 Å². The highest BCUT2D eigenvalue weighted by Crippen LogP contribution is 2.17. The summed E-state index contributed by atoms with van der Waals surface area (Å²) in [5.74, 6) is -1.74. The standard InChI is InChI=1S/C7H8O7/c1-11-5(8)3-4(6(9)12-2)14-7(10)13-3/h3-4H,1-2H3/t3-,4+. The predicted octanol–water partition coefficient (Wildman–Crippen LogP) is -0.764. The van der Waals surface area contributed by atoms with Crippen LogP contribution < -0.4 is 0 Å². The average molecular weight is 204 g/mol. The molecule has 0 aromatic carbocycles. The fraction of sp³-hybridized carbons (Fsp3) is 0.571. The molecular weight excluding hydrogens is 196 g/mol. The largest absolute Gasteiger partial charge is 0.510 e. The Morgan fingerprint density at radius 3 is 1.71 bits per heavy atom. The van der Waals surface area contributed by atoms with Gasteiger partial charge in [-0.3, -0.25) is 0 Å². The zero-order valence-corrected chi connectivity index (χ0v) is 7.51. The first-order valence-electron chi connectivity index (χ1n) is 3.63. The lowest BCUT2D eigenvalue weighted by atomic mass is 10.2. The van der Waals surface area contributed by atoms with Gasteiger partial charge >= 0.3 is 18.1 Å². The molecule has 0 aromatic rings. The molecule has 0 amide bonds. The molecule has 0 aromatic heterocycles. The number of rotatable bonds is 2. The van der Waals surface area contributed by atoms with Gasteiger partial charge in [0, 0.05) is 0 Å². The van der Waals surface area contributed by atoms with E-state index >= 15 is 0 Å². The van der Waals surface area contributed by atoms with Gasteiger partial charge in [-0.1, -0.05) is 0 Å². The highest BCUT2D eigenvalue weighted by molar-refractivity contribution is 5.90. The van der Waals surface area contributed by atoms with Crippen molar-refractivity contribution in [1.29, 1.82) is 0 Å². The highest BCUT2D eigenvalue weighted by atomic mass is 16.8. The lowest BCUT2D eigenvalue weighted by molar-refractivity contribution is -0.160. The van der Waals surface area contributed by atoms with E-state index in [9.17, 15) is 14.4 Å². The van der Waals surface area contributed by atoms with Crippen molar-refractivity contribution in [3.63, 3.8) is 0 Å². The molecule has 0 radical (unpaired) electrons. The predicted molar refractivity (Wildman–Crippen MR) is 39.2 cm³/mol. The number of esters is 2. The van der Waals surface area contributed by atoms with Gasteiger partial charge in [-0.15, -0.1) is 0 Å². The van der Waals surface area contributed by atoms with Crippen LogP contribution in [0.5, 0.6) is 0 Å². The zero-order valence-electron chi connectivity index (χ0n) is 7.51. The number of ether oxygens (including phenoxy) is 4. The van der Waals surface area contributed by atoms with Gasteiger partial charge in [-0.2, -0.15) is 0 Å². The van der Waals surface area contributed by atoms with Crippen LogP contribution in [-0.2, 0) is 28.5 Å². The number of methoxy groups -OCH3 is 2. The van der Waals surface area contributed by atoms with Crippen LogP contribution in [0, 0.1) is 0 Å².